The molecular weight excluding hydrogens is 268 g/mol. The van der Waals surface area contributed by atoms with E-state index in [4.69, 9.17) is 5.11 Å². The summed E-state index contributed by atoms with van der Waals surface area (Å²) in [5.41, 5.74) is 2.75. The minimum atomic E-state index is -0.931. The van der Waals surface area contributed by atoms with Crippen molar-refractivity contribution in [3.8, 4) is 0 Å². The second kappa shape index (κ2) is 6.56. The van der Waals surface area contributed by atoms with Crippen LogP contribution < -0.4 is 10.6 Å². The molecule has 1 amide bonds. The molecule has 0 aliphatic carbocycles. The smallest absolute Gasteiger partial charge is 0.335 e. The van der Waals surface area contributed by atoms with Crippen molar-refractivity contribution in [2.75, 3.05) is 12.4 Å². The number of hydrogen-bond acceptors (Lipinski definition) is 3. The van der Waals surface area contributed by atoms with E-state index in [1.807, 2.05) is 12.1 Å². The third kappa shape index (κ3) is 3.82. The zero-order valence-electron chi connectivity index (χ0n) is 11.6. The molecule has 0 atom stereocenters. The van der Waals surface area contributed by atoms with Crippen molar-refractivity contribution >= 4 is 17.6 Å². The lowest BCUT2D eigenvalue weighted by atomic mass is 10.1. The number of aromatic carboxylic acids is 1. The predicted molar refractivity (Wildman–Crippen MR) is 80.6 cm³/mol. The molecule has 0 heterocycles. The fraction of sp³-hybridized carbons (Fsp3) is 0.125. The minimum absolute atomic E-state index is 0.120. The topological polar surface area (TPSA) is 78.4 Å². The number of rotatable bonds is 5. The van der Waals surface area contributed by atoms with Gasteiger partial charge in [0.25, 0.3) is 5.91 Å². The van der Waals surface area contributed by atoms with Crippen molar-refractivity contribution in [2.45, 2.75) is 6.54 Å². The van der Waals surface area contributed by atoms with Crippen LogP contribution in [-0.4, -0.2) is 24.0 Å². The minimum Gasteiger partial charge on any atom is -0.478 e. The monoisotopic (exact) mass is 284 g/mol. The number of carbonyl (C=O) groups is 2. The van der Waals surface area contributed by atoms with Crippen molar-refractivity contribution in [2.24, 2.45) is 0 Å². The molecule has 0 aliphatic heterocycles. The van der Waals surface area contributed by atoms with Gasteiger partial charge in [-0.15, -0.1) is 0 Å². The largest absolute Gasteiger partial charge is 0.478 e. The highest BCUT2D eigenvalue weighted by Crippen LogP contribution is 2.12. The Morgan fingerprint density at radius 1 is 0.952 bits per heavy atom. The van der Waals surface area contributed by atoms with Gasteiger partial charge < -0.3 is 15.7 Å². The van der Waals surface area contributed by atoms with Crippen molar-refractivity contribution in [1.29, 1.82) is 0 Å². The zero-order chi connectivity index (χ0) is 15.2. The van der Waals surface area contributed by atoms with Gasteiger partial charge in [-0.3, -0.25) is 4.79 Å². The van der Waals surface area contributed by atoms with E-state index in [0.29, 0.717) is 12.1 Å². The Hall–Kier alpha value is -2.82. The number of anilines is 1. The van der Waals surface area contributed by atoms with Crippen LogP contribution in [0.1, 0.15) is 26.3 Å². The molecule has 0 aromatic heterocycles. The van der Waals surface area contributed by atoms with Gasteiger partial charge in [0.2, 0.25) is 0 Å². The molecule has 21 heavy (non-hydrogen) atoms. The Morgan fingerprint density at radius 3 is 2.05 bits per heavy atom. The first-order valence-corrected chi connectivity index (χ1v) is 6.48. The number of carboxylic acids is 1. The summed E-state index contributed by atoms with van der Waals surface area (Å²) in [5, 5.41) is 14.6. The fourth-order valence-corrected chi connectivity index (χ4v) is 1.85. The van der Waals surface area contributed by atoms with E-state index in [9.17, 15) is 9.59 Å². The number of carbonyl (C=O) groups excluding carboxylic acids is 1. The molecule has 2 rings (SSSR count). The van der Waals surface area contributed by atoms with Crippen LogP contribution in [0.15, 0.2) is 48.5 Å². The van der Waals surface area contributed by atoms with Crippen LogP contribution in [0.5, 0.6) is 0 Å². The average Bonchev–Trinajstić information content (AvgIpc) is 2.53. The van der Waals surface area contributed by atoms with Gasteiger partial charge in [0.1, 0.15) is 0 Å². The van der Waals surface area contributed by atoms with Gasteiger partial charge in [-0.1, -0.05) is 12.1 Å². The molecular formula is C16H16N2O3. The van der Waals surface area contributed by atoms with Gasteiger partial charge in [-0.05, 0) is 42.0 Å². The molecule has 0 radical (unpaired) electrons. The summed E-state index contributed by atoms with van der Waals surface area (Å²) < 4.78 is 0. The Bertz CT molecular complexity index is 634. The molecule has 0 saturated heterocycles. The lowest BCUT2D eigenvalue weighted by Crippen LogP contribution is -2.17. The van der Waals surface area contributed by atoms with Gasteiger partial charge in [-0.25, -0.2) is 4.79 Å². The first-order valence-electron chi connectivity index (χ1n) is 6.48. The van der Waals surface area contributed by atoms with E-state index in [1.54, 1.807) is 43.4 Å². The Balaban J connectivity index is 1.96. The van der Waals surface area contributed by atoms with E-state index in [1.165, 1.54) is 0 Å². The lowest BCUT2D eigenvalue weighted by molar-refractivity contribution is 0.0696. The number of nitrogens with one attached hydrogen (secondary N) is 2. The number of benzene rings is 2. The summed E-state index contributed by atoms with van der Waals surface area (Å²) in [4.78, 5) is 22.2. The maximum atomic E-state index is 11.4. The maximum absolute atomic E-state index is 11.4. The first kappa shape index (κ1) is 14.6. The molecule has 3 N–H and O–H groups in total. The van der Waals surface area contributed by atoms with Crippen molar-refractivity contribution in [3.63, 3.8) is 0 Å². The standard InChI is InChI=1S/C16H16N2O3/c1-17-15(19)12-6-8-14(9-7-12)18-10-11-2-4-13(5-3-11)16(20)21/h2-9,18H,10H2,1H3,(H,17,19)(H,20,21). The summed E-state index contributed by atoms with van der Waals surface area (Å²) in [6.45, 7) is 0.583. The second-order valence-electron chi connectivity index (χ2n) is 4.51. The molecule has 0 saturated carbocycles. The molecule has 0 aliphatic rings. The summed E-state index contributed by atoms with van der Waals surface area (Å²) in [6.07, 6.45) is 0. The quantitative estimate of drug-likeness (QED) is 0.787. The third-order valence-electron chi connectivity index (χ3n) is 3.07. The molecule has 0 spiro atoms. The molecule has 108 valence electrons. The van der Waals surface area contributed by atoms with Crippen LogP contribution >= 0.6 is 0 Å². The van der Waals surface area contributed by atoms with Crippen molar-refractivity contribution in [3.05, 3.63) is 65.2 Å². The highest BCUT2D eigenvalue weighted by atomic mass is 16.4. The SMILES string of the molecule is CNC(=O)c1ccc(NCc2ccc(C(=O)O)cc2)cc1. The maximum Gasteiger partial charge on any atom is 0.335 e. The van der Waals surface area contributed by atoms with E-state index >= 15 is 0 Å². The normalized spacial score (nSPS) is 9.95. The molecule has 0 fully saturated rings. The van der Waals surface area contributed by atoms with Gasteiger partial charge in [-0.2, -0.15) is 0 Å². The Kier molecular flexibility index (Phi) is 4.56. The summed E-state index contributed by atoms with van der Waals surface area (Å²) in [7, 11) is 1.59. The zero-order valence-corrected chi connectivity index (χ0v) is 11.6. The van der Waals surface area contributed by atoms with E-state index in [-0.39, 0.29) is 11.5 Å². The summed E-state index contributed by atoms with van der Waals surface area (Å²) >= 11 is 0. The van der Waals surface area contributed by atoms with Gasteiger partial charge in [0.05, 0.1) is 5.56 Å². The summed E-state index contributed by atoms with van der Waals surface area (Å²) in [5.74, 6) is -1.05. The second-order valence-corrected chi connectivity index (χ2v) is 4.51. The van der Waals surface area contributed by atoms with Crippen molar-refractivity contribution in [1.82, 2.24) is 5.32 Å². The number of carboxylic acid groups (broad SMARTS) is 1. The van der Waals surface area contributed by atoms with Crippen LogP contribution in [-0.2, 0) is 6.54 Å². The third-order valence-corrected chi connectivity index (χ3v) is 3.07. The van der Waals surface area contributed by atoms with E-state index in [2.05, 4.69) is 10.6 Å². The van der Waals surface area contributed by atoms with Crippen LogP contribution in [0.4, 0.5) is 5.69 Å². The van der Waals surface area contributed by atoms with Gasteiger partial charge in [0, 0.05) is 24.8 Å². The van der Waals surface area contributed by atoms with Crippen LogP contribution in [0, 0.1) is 0 Å². The van der Waals surface area contributed by atoms with Gasteiger partial charge in [0.15, 0.2) is 0 Å². The first-order chi connectivity index (χ1) is 10.1. The van der Waals surface area contributed by atoms with Gasteiger partial charge >= 0.3 is 5.97 Å². The molecule has 2 aromatic carbocycles. The average molecular weight is 284 g/mol. The predicted octanol–water partition coefficient (Wildman–Crippen LogP) is 2.36. The fourth-order valence-electron chi connectivity index (χ4n) is 1.85. The molecule has 2 aromatic rings. The highest BCUT2D eigenvalue weighted by molar-refractivity contribution is 5.94. The number of amides is 1. The van der Waals surface area contributed by atoms with E-state index < -0.39 is 5.97 Å². The highest BCUT2D eigenvalue weighted by Gasteiger charge is 2.03. The molecule has 0 bridgehead atoms. The molecule has 0 unspecified atom stereocenters. The van der Waals surface area contributed by atoms with Crippen molar-refractivity contribution < 1.29 is 14.7 Å². The van der Waals surface area contributed by atoms with E-state index in [0.717, 1.165) is 11.3 Å². The lowest BCUT2D eigenvalue weighted by Gasteiger charge is -2.08. The Morgan fingerprint density at radius 2 is 1.52 bits per heavy atom. The summed E-state index contributed by atoms with van der Waals surface area (Å²) in [6, 6.07) is 13.8. The van der Waals surface area contributed by atoms with Crippen LogP contribution in [0.3, 0.4) is 0 Å². The Labute approximate surface area is 122 Å². The van der Waals surface area contributed by atoms with Crippen LogP contribution in [0.25, 0.3) is 0 Å². The van der Waals surface area contributed by atoms with Crippen LogP contribution in [0.2, 0.25) is 0 Å². The molecule has 5 nitrogen and oxygen atoms in total. The molecule has 5 heteroatoms. The number of hydrogen-bond donors (Lipinski definition) is 3.